The van der Waals surface area contributed by atoms with E-state index in [1.54, 1.807) is 18.2 Å². The summed E-state index contributed by atoms with van der Waals surface area (Å²) in [4.78, 5) is 30.4. The SMILES string of the molecule is O=C(Cc1ccc(Br)cc1)Nc1ccc2nc[nH]c(=O)c2c1. The van der Waals surface area contributed by atoms with E-state index >= 15 is 0 Å². The summed E-state index contributed by atoms with van der Waals surface area (Å²) in [5.74, 6) is -0.137. The fraction of sp³-hybridized carbons (Fsp3) is 0.0625. The molecular formula is C16H12BrN3O2. The van der Waals surface area contributed by atoms with Crippen molar-refractivity contribution >= 4 is 38.4 Å². The first-order valence-electron chi connectivity index (χ1n) is 6.63. The third-order valence-electron chi connectivity index (χ3n) is 3.20. The number of nitrogens with zero attached hydrogens (tertiary/aromatic N) is 1. The second kappa shape index (κ2) is 6.11. The fourth-order valence-electron chi connectivity index (χ4n) is 2.14. The highest BCUT2D eigenvalue weighted by Crippen LogP contribution is 2.15. The van der Waals surface area contributed by atoms with Gasteiger partial charge in [-0.15, -0.1) is 0 Å². The molecule has 0 spiro atoms. The van der Waals surface area contributed by atoms with Crippen molar-refractivity contribution in [3.05, 3.63) is 69.2 Å². The molecule has 3 aromatic rings. The maximum absolute atomic E-state index is 12.1. The number of aromatic nitrogens is 2. The summed E-state index contributed by atoms with van der Waals surface area (Å²) in [5.41, 5.74) is 1.86. The fourth-order valence-corrected chi connectivity index (χ4v) is 2.40. The van der Waals surface area contributed by atoms with Crippen LogP contribution in [-0.4, -0.2) is 15.9 Å². The lowest BCUT2D eigenvalue weighted by atomic mass is 10.1. The summed E-state index contributed by atoms with van der Waals surface area (Å²) in [6.07, 6.45) is 1.63. The van der Waals surface area contributed by atoms with Crippen LogP contribution >= 0.6 is 15.9 Å². The number of hydrogen-bond acceptors (Lipinski definition) is 3. The summed E-state index contributed by atoms with van der Waals surface area (Å²) in [5, 5.41) is 3.24. The summed E-state index contributed by atoms with van der Waals surface area (Å²) in [6.45, 7) is 0. The maximum Gasteiger partial charge on any atom is 0.258 e. The van der Waals surface area contributed by atoms with Crippen LogP contribution in [0, 0.1) is 0 Å². The Bertz CT molecular complexity index is 888. The van der Waals surface area contributed by atoms with E-state index in [0.29, 0.717) is 16.6 Å². The van der Waals surface area contributed by atoms with E-state index in [1.807, 2.05) is 24.3 Å². The normalized spacial score (nSPS) is 10.6. The number of benzene rings is 2. The summed E-state index contributed by atoms with van der Waals surface area (Å²) < 4.78 is 0.970. The van der Waals surface area contributed by atoms with E-state index in [2.05, 4.69) is 31.2 Å². The zero-order valence-corrected chi connectivity index (χ0v) is 13.1. The van der Waals surface area contributed by atoms with Gasteiger partial charge in [0, 0.05) is 10.2 Å². The monoisotopic (exact) mass is 357 g/mol. The number of carbonyl (C=O) groups is 1. The van der Waals surface area contributed by atoms with Gasteiger partial charge in [0.1, 0.15) is 0 Å². The highest BCUT2D eigenvalue weighted by molar-refractivity contribution is 9.10. The highest BCUT2D eigenvalue weighted by Gasteiger charge is 2.06. The first-order valence-corrected chi connectivity index (χ1v) is 7.43. The largest absolute Gasteiger partial charge is 0.326 e. The number of halogens is 1. The molecule has 0 aliphatic carbocycles. The number of amides is 1. The molecule has 6 heteroatoms. The molecule has 2 aromatic carbocycles. The molecule has 0 saturated carbocycles. The zero-order valence-electron chi connectivity index (χ0n) is 11.5. The Hall–Kier alpha value is -2.47. The minimum Gasteiger partial charge on any atom is -0.326 e. The third kappa shape index (κ3) is 3.23. The van der Waals surface area contributed by atoms with Crippen LogP contribution in [0.3, 0.4) is 0 Å². The van der Waals surface area contributed by atoms with Gasteiger partial charge in [-0.05, 0) is 35.9 Å². The Labute approximate surface area is 134 Å². The van der Waals surface area contributed by atoms with Crippen molar-refractivity contribution in [1.82, 2.24) is 9.97 Å². The number of nitrogens with one attached hydrogen (secondary N) is 2. The molecule has 0 aliphatic heterocycles. The Morgan fingerprint density at radius 1 is 1.18 bits per heavy atom. The lowest BCUT2D eigenvalue weighted by molar-refractivity contribution is -0.115. The minimum atomic E-state index is -0.228. The van der Waals surface area contributed by atoms with Crippen molar-refractivity contribution in [2.45, 2.75) is 6.42 Å². The molecule has 0 atom stereocenters. The van der Waals surface area contributed by atoms with E-state index < -0.39 is 0 Å². The van der Waals surface area contributed by atoms with E-state index in [1.165, 1.54) is 6.33 Å². The first kappa shape index (κ1) is 14.5. The van der Waals surface area contributed by atoms with Gasteiger partial charge in [0.15, 0.2) is 0 Å². The lowest BCUT2D eigenvalue weighted by Gasteiger charge is -2.06. The average molecular weight is 358 g/mol. The summed E-state index contributed by atoms with van der Waals surface area (Å²) in [6, 6.07) is 12.6. The smallest absolute Gasteiger partial charge is 0.258 e. The predicted octanol–water partition coefficient (Wildman–Crippen LogP) is 2.87. The Kier molecular flexibility index (Phi) is 4.02. The molecule has 1 amide bonds. The minimum absolute atomic E-state index is 0.137. The van der Waals surface area contributed by atoms with Gasteiger partial charge in [-0.1, -0.05) is 28.1 Å². The second-order valence-electron chi connectivity index (χ2n) is 4.82. The molecule has 2 N–H and O–H groups in total. The second-order valence-corrected chi connectivity index (χ2v) is 5.73. The molecule has 0 bridgehead atoms. The van der Waals surface area contributed by atoms with Crippen LogP contribution in [0.5, 0.6) is 0 Å². The van der Waals surface area contributed by atoms with Gasteiger partial charge < -0.3 is 10.3 Å². The number of fused-ring (bicyclic) bond motifs is 1. The van der Waals surface area contributed by atoms with Gasteiger partial charge >= 0.3 is 0 Å². The van der Waals surface area contributed by atoms with Gasteiger partial charge in [-0.3, -0.25) is 9.59 Å². The van der Waals surface area contributed by atoms with E-state index in [-0.39, 0.29) is 17.9 Å². The van der Waals surface area contributed by atoms with Gasteiger partial charge in [-0.25, -0.2) is 4.98 Å². The van der Waals surface area contributed by atoms with Crippen molar-refractivity contribution < 1.29 is 4.79 Å². The summed E-state index contributed by atoms with van der Waals surface area (Å²) >= 11 is 3.36. The average Bonchev–Trinajstić information content (AvgIpc) is 2.50. The van der Waals surface area contributed by atoms with E-state index in [4.69, 9.17) is 0 Å². The van der Waals surface area contributed by atoms with Gasteiger partial charge in [0.05, 0.1) is 23.7 Å². The Morgan fingerprint density at radius 3 is 2.73 bits per heavy atom. The molecule has 5 nitrogen and oxygen atoms in total. The number of hydrogen-bond donors (Lipinski definition) is 2. The van der Waals surface area contributed by atoms with Crippen LogP contribution in [0.2, 0.25) is 0 Å². The van der Waals surface area contributed by atoms with E-state index in [0.717, 1.165) is 10.0 Å². The maximum atomic E-state index is 12.1. The number of aromatic amines is 1. The lowest BCUT2D eigenvalue weighted by Crippen LogP contribution is -2.15. The van der Waals surface area contributed by atoms with Crippen molar-refractivity contribution in [2.24, 2.45) is 0 Å². The number of rotatable bonds is 3. The first-order chi connectivity index (χ1) is 10.6. The molecule has 0 aliphatic rings. The van der Waals surface area contributed by atoms with Crippen molar-refractivity contribution in [3.63, 3.8) is 0 Å². The summed E-state index contributed by atoms with van der Waals surface area (Å²) in [7, 11) is 0. The zero-order chi connectivity index (χ0) is 15.5. The van der Waals surface area contributed by atoms with Crippen LogP contribution in [-0.2, 0) is 11.2 Å². The molecule has 0 fully saturated rings. The van der Waals surface area contributed by atoms with Crippen molar-refractivity contribution in [1.29, 1.82) is 0 Å². The Morgan fingerprint density at radius 2 is 1.95 bits per heavy atom. The molecule has 0 radical (unpaired) electrons. The molecule has 22 heavy (non-hydrogen) atoms. The standard InChI is InChI=1S/C16H12BrN3O2/c17-11-3-1-10(2-4-11)7-15(21)20-12-5-6-14-13(8-12)16(22)19-9-18-14/h1-6,8-9H,7H2,(H,20,21)(H,18,19,22). The van der Waals surface area contributed by atoms with Gasteiger partial charge in [0.2, 0.25) is 5.91 Å². The van der Waals surface area contributed by atoms with Crippen LogP contribution in [0.25, 0.3) is 10.9 Å². The van der Waals surface area contributed by atoms with E-state index in [9.17, 15) is 9.59 Å². The van der Waals surface area contributed by atoms with Gasteiger partial charge in [0.25, 0.3) is 5.56 Å². The van der Waals surface area contributed by atoms with Crippen LogP contribution < -0.4 is 10.9 Å². The van der Waals surface area contributed by atoms with Gasteiger partial charge in [-0.2, -0.15) is 0 Å². The molecule has 1 aromatic heterocycles. The van der Waals surface area contributed by atoms with Crippen molar-refractivity contribution in [3.8, 4) is 0 Å². The molecule has 110 valence electrons. The Balaban J connectivity index is 1.77. The number of carbonyl (C=O) groups excluding carboxylic acids is 1. The third-order valence-corrected chi connectivity index (χ3v) is 3.73. The highest BCUT2D eigenvalue weighted by atomic mass is 79.9. The topological polar surface area (TPSA) is 74.8 Å². The molecule has 1 heterocycles. The van der Waals surface area contributed by atoms with Crippen LogP contribution in [0.1, 0.15) is 5.56 Å². The number of H-pyrrole nitrogens is 1. The number of anilines is 1. The molecule has 0 saturated heterocycles. The molecule has 3 rings (SSSR count). The van der Waals surface area contributed by atoms with Crippen LogP contribution in [0.4, 0.5) is 5.69 Å². The quantitative estimate of drug-likeness (QED) is 0.756. The molecular weight excluding hydrogens is 346 g/mol. The molecule has 0 unspecified atom stereocenters. The predicted molar refractivity (Wildman–Crippen MR) is 88.8 cm³/mol. The van der Waals surface area contributed by atoms with Crippen LogP contribution in [0.15, 0.2) is 58.1 Å². The van der Waals surface area contributed by atoms with Crippen molar-refractivity contribution in [2.75, 3.05) is 5.32 Å².